The second-order valence-electron chi connectivity index (χ2n) is 16.4. The molecule has 0 radical (unpaired) electrons. The second kappa shape index (κ2) is 24.0. The Kier molecular flexibility index (Phi) is 17.4. The van der Waals surface area contributed by atoms with E-state index in [1.165, 1.54) is 4.90 Å². The van der Waals surface area contributed by atoms with Crippen LogP contribution in [0.2, 0.25) is 0 Å². The number of benzene rings is 5. The van der Waals surface area contributed by atoms with Crippen LogP contribution < -0.4 is 0 Å². The molecule has 2 saturated heterocycles. The van der Waals surface area contributed by atoms with Crippen LogP contribution in [0, 0.1) is 11.8 Å². The van der Waals surface area contributed by atoms with Crippen molar-refractivity contribution in [3.8, 4) is 0 Å². The van der Waals surface area contributed by atoms with E-state index in [-0.39, 0.29) is 45.1 Å². The lowest BCUT2D eigenvalue weighted by atomic mass is 9.88. The Hall–Kier alpha value is -5.97. The number of hydrogen-bond acceptors (Lipinski definition) is 13. The summed E-state index contributed by atoms with van der Waals surface area (Å²) >= 11 is 0. The Morgan fingerprint density at radius 3 is 1.62 bits per heavy atom. The van der Waals surface area contributed by atoms with Gasteiger partial charge in [-0.05, 0) is 41.0 Å². The number of carbonyl (C=O) groups excluding carboxylic acids is 3. The lowest BCUT2D eigenvalue weighted by Gasteiger charge is -2.48. The summed E-state index contributed by atoms with van der Waals surface area (Å²) < 4.78 is 50.4. The minimum absolute atomic E-state index is 0.0299. The number of ether oxygens (including phenoxy) is 8. The monoisotopic (exact) mass is 903 g/mol. The molecule has 0 spiro atoms. The van der Waals surface area contributed by atoms with Crippen LogP contribution in [0.5, 0.6) is 0 Å². The third kappa shape index (κ3) is 12.9. The standard InChI is InChI=1S/C52H57NO13/c1-35-44(55)42(31-54)62-51(46(35)64-48(56)40-24-14-6-15-25-40)66-45-36(2)47(65-49(57)41-26-16-7-17-27-41)50(63-43(45)34-59-32-38-20-10-4-11-21-38)60-29-28-53(30-37-18-8-3-9-19-37)52(58)61-33-39-22-12-5-13-23-39/h3-27,35-36,42-47,50-51,54-55H,28-34H2,1-2H3/t35-,36-,42?,43?,44-,45-,46?,47?,50+,51-/m0/s1. The van der Waals surface area contributed by atoms with E-state index in [2.05, 4.69) is 0 Å². The zero-order valence-electron chi connectivity index (χ0n) is 37.0. The normalized spacial score (nSPS) is 25.0. The van der Waals surface area contributed by atoms with Crippen LogP contribution in [0.15, 0.2) is 152 Å². The summed E-state index contributed by atoms with van der Waals surface area (Å²) in [5.74, 6) is -2.76. The van der Waals surface area contributed by atoms with Gasteiger partial charge in [-0.1, -0.05) is 141 Å². The molecule has 2 aliphatic heterocycles. The highest BCUT2D eigenvalue weighted by Crippen LogP contribution is 2.37. The molecule has 0 saturated carbocycles. The molecule has 2 N–H and O–H groups in total. The number of hydrogen-bond donors (Lipinski definition) is 2. The summed E-state index contributed by atoms with van der Waals surface area (Å²) in [5, 5.41) is 21.4. The molecule has 5 aromatic carbocycles. The molecular formula is C52H57NO13. The predicted octanol–water partition coefficient (Wildman–Crippen LogP) is 6.97. The van der Waals surface area contributed by atoms with Crippen LogP contribution in [-0.4, -0.2) is 109 Å². The highest BCUT2D eigenvalue weighted by atomic mass is 16.7. The lowest BCUT2D eigenvalue weighted by Crippen LogP contribution is -2.62. The Morgan fingerprint density at radius 2 is 1.08 bits per heavy atom. The van der Waals surface area contributed by atoms with Crippen molar-refractivity contribution in [3.05, 3.63) is 179 Å². The van der Waals surface area contributed by atoms with E-state index in [0.29, 0.717) is 5.56 Å². The number of aliphatic hydroxyl groups is 2. The van der Waals surface area contributed by atoms with E-state index >= 15 is 0 Å². The van der Waals surface area contributed by atoms with Gasteiger partial charge in [0.25, 0.3) is 0 Å². The molecule has 66 heavy (non-hydrogen) atoms. The lowest BCUT2D eigenvalue weighted by molar-refractivity contribution is -0.347. The highest BCUT2D eigenvalue weighted by molar-refractivity contribution is 5.90. The Morgan fingerprint density at radius 1 is 0.591 bits per heavy atom. The highest BCUT2D eigenvalue weighted by Gasteiger charge is 2.52. The fourth-order valence-corrected chi connectivity index (χ4v) is 7.96. The second-order valence-corrected chi connectivity index (χ2v) is 16.4. The largest absolute Gasteiger partial charge is 0.453 e. The maximum Gasteiger partial charge on any atom is 0.410 e. The smallest absolute Gasteiger partial charge is 0.410 e. The molecular weight excluding hydrogens is 847 g/mol. The van der Waals surface area contributed by atoms with Gasteiger partial charge in [0.2, 0.25) is 0 Å². The van der Waals surface area contributed by atoms with Crippen LogP contribution in [0.4, 0.5) is 4.79 Å². The van der Waals surface area contributed by atoms with Gasteiger partial charge in [0, 0.05) is 24.9 Å². The van der Waals surface area contributed by atoms with Gasteiger partial charge in [0.1, 0.15) is 18.8 Å². The van der Waals surface area contributed by atoms with E-state index < -0.39 is 85.7 Å². The molecule has 7 rings (SSSR count). The quantitative estimate of drug-likeness (QED) is 0.0645. The third-order valence-corrected chi connectivity index (χ3v) is 11.7. The first-order valence-electron chi connectivity index (χ1n) is 22.2. The molecule has 14 nitrogen and oxygen atoms in total. The molecule has 0 aromatic heterocycles. The van der Waals surface area contributed by atoms with Gasteiger partial charge in [0.05, 0.1) is 49.8 Å². The van der Waals surface area contributed by atoms with Crippen LogP contribution in [0.1, 0.15) is 51.3 Å². The number of nitrogens with zero attached hydrogens (tertiary/aromatic N) is 1. The van der Waals surface area contributed by atoms with Crippen molar-refractivity contribution in [2.24, 2.45) is 11.8 Å². The van der Waals surface area contributed by atoms with Crippen molar-refractivity contribution in [1.82, 2.24) is 4.90 Å². The first-order chi connectivity index (χ1) is 32.2. The molecule has 0 aliphatic carbocycles. The van der Waals surface area contributed by atoms with Crippen LogP contribution in [0.3, 0.4) is 0 Å². The molecule has 2 heterocycles. The van der Waals surface area contributed by atoms with Crippen molar-refractivity contribution in [2.75, 3.05) is 26.4 Å². The molecule has 2 aliphatic rings. The summed E-state index contributed by atoms with van der Waals surface area (Å²) in [5.41, 5.74) is 3.20. The van der Waals surface area contributed by atoms with Crippen molar-refractivity contribution < 1.29 is 62.5 Å². The summed E-state index contributed by atoms with van der Waals surface area (Å²) in [6.45, 7) is 3.49. The third-order valence-electron chi connectivity index (χ3n) is 11.7. The van der Waals surface area contributed by atoms with E-state index in [9.17, 15) is 24.6 Å². The summed E-state index contributed by atoms with van der Waals surface area (Å²) in [6.07, 6.45) is -9.47. The fourth-order valence-electron chi connectivity index (χ4n) is 7.96. The Bertz CT molecular complexity index is 2240. The topological polar surface area (TPSA) is 169 Å². The van der Waals surface area contributed by atoms with Crippen molar-refractivity contribution >= 4 is 18.0 Å². The van der Waals surface area contributed by atoms with Crippen molar-refractivity contribution in [2.45, 2.75) is 82.8 Å². The zero-order valence-corrected chi connectivity index (χ0v) is 37.0. The molecule has 0 bridgehead atoms. The number of aliphatic hydroxyl groups excluding tert-OH is 2. The fraction of sp³-hybridized carbons (Fsp3) is 0.365. The van der Waals surface area contributed by atoms with Gasteiger partial charge in [-0.25, -0.2) is 14.4 Å². The SMILES string of the molecule is C[C@@H]1C(OC(=O)c2ccccc2)[C@H](O[C@@H]2C(COCc3ccccc3)O[C@@H](OCCN(Cc3ccccc3)C(=O)OCc3ccccc3)C(OC(=O)c3ccccc3)[C@H]2C)OC(CO)[C@H]1O. The molecule has 2 fully saturated rings. The summed E-state index contributed by atoms with van der Waals surface area (Å²) in [4.78, 5) is 42.5. The van der Waals surface area contributed by atoms with E-state index in [1.807, 2.05) is 97.9 Å². The maximum atomic E-state index is 13.8. The summed E-state index contributed by atoms with van der Waals surface area (Å²) in [6, 6.07) is 45.4. The van der Waals surface area contributed by atoms with E-state index in [4.69, 9.17) is 37.9 Å². The number of amides is 1. The number of rotatable bonds is 19. The molecule has 14 heteroatoms. The van der Waals surface area contributed by atoms with Crippen LogP contribution >= 0.6 is 0 Å². The minimum atomic E-state index is -1.32. The number of esters is 2. The van der Waals surface area contributed by atoms with Crippen LogP contribution in [0.25, 0.3) is 0 Å². The zero-order chi connectivity index (χ0) is 46.3. The average Bonchev–Trinajstić information content (AvgIpc) is 3.36. The van der Waals surface area contributed by atoms with Crippen LogP contribution in [-0.2, 0) is 57.7 Å². The molecule has 4 unspecified atom stereocenters. The van der Waals surface area contributed by atoms with Gasteiger partial charge in [0.15, 0.2) is 24.8 Å². The van der Waals surface area contributed by atoms with Gasteiger partial charge >= 0.3 is 18.0 Å². The molecule has 5 aromatic rings. The van der Waals surface area contributed by atoms with Gasteiger partial charge in [-0.2, -0.15) is 0 Å². The average molecular weight is 904 g/mol. The van der Waals surface area contributed by atoms with E-state index in [0.717, 1.165) is 16.7 Å². The minimum Gasteiger partial charge on any atom is -0.453 e. The molecule has 10 atom stereocenters. The first-order valence-corrected chi connectivity index (χ1v) is 22.2. The Labute approximate surface area is 384 Å². The predicted molar refractivity (Wildman–Crippen MR) is 240 cm³/mol. The van der Waals surface area contributed by atoms with Gasteiger partial charge in [-0.15, -0.1) is 0 Å². The molecule has 1 amide bonds. The maximum absolute atomic E-state index is 13.8. The van der Waals surface area contributed by atoms with Gasteiger partial charge < -0.3 is 53.0 Å². The van der Waals surface area contributed by atoms with E-state index in [1.54, 1.807) is 67.6 Å². The van der Waals surface area contributed by atoms with Crippen molar-refractivity contribution in [3.63, 3.8) is 0 Å². The Balaban J connectivity index is 1.16. The summed E-state index contributed by atoms with van der Waals surface area (Å²) in [7, 11) is 0. The van der Waals surface area contributed by atoms with Crippen molar-refractivity contribution in [1.29, 1.82) is 0 Å². The van der Waals surface area contributed by atoms with Gasteiger partial charge in [-0.3, -0.25) is 0 Å². The number of carbonyl (C=O) groups is 3. The first kappa shape index (κ1) is 48.0. The molecule has 348 valence electrons.